The molecule has 1 aliphatic heterocycles. The van der Waals surface area contributed by atoms with Gasteiger partial charge in [0.1, 0.15) is 0 Å². The first-order valence-electron chi connectivity index (χ1n) is 11.8. The molecular weight excluding hydrogens is 460 g/mol. The van der Waals surface area contributed by atoms with E-state index in [4.69, 9.17) is 4.98 Å². The van der Waals surface area contributed by atoms with Crippen LogP contribution in [0.3, 0.4) is 0 Å². The maximum Gasteiger partial charge on any atom is 0.256 e. The standard InChI is InChI=1S/C27H28N4O3S/c1-4-19-8-10-20(11-9-19)24-15-23(27(32)28-21-7-5-6-17(2)14-21)25-18(3)30-31(26(25)29-24)22-12-13-35(33,34)16-22/h5-11,14-15,22H,4,12-13,16H2,1-3H3,(H,28,32). The summed E-state index contributed by atoms with van der Waals surface area (Å²) in [7, 11) is -3.11. The van der Waals surface area contributed by atoms with E-state index in [9.17, 15) is 13.2 Å². The average Bonchev–Trinajstić information content (AvgIpc) is 3.37. The number of fused-ring (bicyclic) bond motifs is 1. The molecule has 180 valence electrons. The number of carbonyl (C=O) groups excluding carboxylic acids is 1. The van der Waals surface area contributed by atoms with Gasteiger partial charge in [-0.15, -0.1) is 0 Å². The van der Waals surface area contributed by atoms with Gasteiger partial charge in [0.2, 0.25) is 0 Å². The summed E-state index contributed by atoms with van der Waals surface area (Å²) in [6.45, 7) is 5.91. The van der Waals surface area contributed by atoms with Crippen LogP contribution in [0.1, 0.15) is 46.6 Å². The molecular formula is C27H28N4O3S. The highest BCUT2D eigenvalue weighted by Gasteiger charge is 2.32. The second-order valence-corrected chi connectivity index (χ2v) is 11.4. The predicted octanol–water partition coefficient (Wildman–Crippen LogP) is 4.89. The molecule has 1 N–H and O–H groups in total. The lowest BCUT2D eigenvalue weighted by Gasteiger charge is -2.13. The minimum atomic E-state index is -3.11. The molecule has 1 aliphatic rings. The highest BCUT2D eigenvalue weighted by atomic mass is 32.2. The molecule has 0 saturated carbocycles. The number of nitrogens with zero attached hydrogens (tertiary/aromatic N) is 3. The van der Waals surface area contributed by atoms with Crippen LogP contribution < -0.4 is 5.32 Å². The van der Waals surface area contributed by atoms with Crippen molar-refractivity contribution in [2.45, 2.75) is 39.7 Å². The Labute approximate surface area is 205 Å². The summed E-state index contributed by atoms with van der Waals surface area (Å²) in [6, 6.07) is 17.3. The molecule has 0 bridgehead atoms. The van der Waals surface area contributed by atoms with Crippen molar-refractivity contribution in [3.05, 3.63) is 77.0 Å². The van der Waals surface area contributed by atoms with E-state index in [-0.39, 0.29) is 23.5 Å². The Balaban J connectivity index is 1.67. The van der Waals surface area contributed by atoms with Gasteiger partial charge in [0.05, 0.1) is 39.9 Å². The third kappa shape index (κ3) is 4.58. The molecule has 2 aromatic heterocycles. The molecule has 7 nitrogen and oxygen atoms in total. The van der Waals surface area contributed by atoms with Gasteiger partial charge in [0.15, 0.2) is 15.5 Å². The molecule has 8 heteroatoms. The van der Waals surface area contributed by atoms with Crippen LogP contribution in [0.25, 0.3) is 22.3 Å². The SMILES string of the molecule is CCc1ccc(-c2cc(C(=O)Nc3cccc(C)c3)c3c(C)nn(C4CCS(=O)(=O)C4)c3n2)cc1. The second-order valence-electron chi connectivity index (χ2n) is 9.21. The smallest absolute Gasteiger partial charge is 0.256 e. The lowest BCUT2D eigenvalue weighted by Crippen LogP contribution is -2.15. The van der Waals surface area contributed by atoms with Gasteiger partial charge in [-0.25, -0.2) is 18.1 Å². The van der Waals surface area contributed by atoms with Crippen LogP contribution in [0.4, 0.5) is 5.69 Å². The minimum Gasteiger partial charge on any atom is -0.322 e. The first-order chi connectivity index (χ1) is 16.7. The number of rotatable bonds is 5. The van der Waals surface area contributed by atoms with E-state index < -0.39 is 9.84 Å². The summed E-state index contributed by atoms with van der Waals surface area (Å²) < 4.78 is 26.1. The number of aryl methyl sites for hydroxylation is 3. The average molecular weight is 489 g/mol. The maximum atomic E-state index is 13.5. The van der Waals surface area contributed by atoms with Crippen LogP contribution >= 0.6 is 0 Å². The van der Waals surface area contributed by atoms with Gasteiger partial charge in [-0.05, 0) is 56.0 Å². The van der Waals surface area contributed by atoms with Crippen LogP contribution in [0.5, 0.6) is 0 Å². The highest BCUT2D eigenvalue weighted by molar-refractivity contribution is 7.91. The first-order valence-corrected chi connectivity index (χ1v) is 13.6. The van der Waals surface area contributed by atoms with Crippen molar-refractivity contribution < 1.29 is 13.2 Å². The third-order valence-corrected chi connectivity index (χ3v) is 8.32. The van der Waals surface area contributed by atoms with Crippen LogP contribution in [0.2, 0.25) is 0 Å². The highest BCUT2D eigenvalue weighted by Crippen LogP contribution is 2.32. The molecule has 1 unspecified atom stereocenters. The van der Waals surface area contributed by atoms with Crippen molar-refractivity contribution in [3.8, 4) is 11.3 Å². The van der Waals surface area contributed by atoms with Gasteiger partial charge >= 0.3 is 0 Å². The van der Waals surface area contributed by atoms with E-state index in [1.54, 1.807) is 10.7 Å². The quantitative estimate of drug-likeness (QED) is 0.432. The van der Waals surface area contributed by atoms with Gasteiger partial charge in [0.25, 0.3) is 5.91 Å². The molecule has 1 saturated heterocycles. The molecule has 1 atom stereocenters. The summed E-state index contributed by atoms with van der Waals surface area (Å²) in [4.78, 5) is 18.4. The van der Waals surface area contributed by atoms with Gasteiger partial charge in [0, 0.05) is 11.3 Å². The number of amides is 1. The van der Waals surface area contributed by atoms with E-state index in [0.717, 1.165) is 17.5 Å². The lowest BCUT2D eigenvalue weighted by molar-refractivity contribution is 0.102. The van der Waals surface area contributed by atoms with Crippen molar-refractivity contribution in [2.24, 2.45) is 0 Å². The minimum absolute atomic E-state index is 0.0329. The Morgan fingerprint density at radius 2 is 1.89 bits per heavy atom. The Morgan fingerprint density at radius 3 is 2.54 bits per heavy atom. The molecule has 1 fully saturated rings. The maximum absolute atomic E-state index is 13.5. The van der Waals surface area contributed by atoms with Gasteiger partial charge < -0.3 is 5.32 Å². The Bertz CT molecular complexity index is 1540. The summed E-state index contributed by atoms with van der Waals surface area (Å²) >= 11 is 0. The first kappa shape index (κ1) is 23.2. The van der Waals surface area contributed by atoms with Crippen LogP contribution in [0, 0.1) is 13.8 Å². The summed E-state index contributed by atoms with van der Waals surface area (Å²) in [6.07, 6.45) is 1.42. The van der Waals surface area contributed by atoms with Gasteiger partial charge in [-0.1, -0.05) is 43.3 Å². The monoisotopic (exact) mass is 488 g/mol. The molecule has 5 rings (SSSR count). The normalized spacial score (nSPS) is 17.1. The van der Waals surface area contributed by atoms with Crippen molar-refractivity contribution in [3.63, 3.8) is 0 Å². The van der Waals surface area contributed by atoms with Crippen molar-refractivity contribution in [1.82, 2.24) is 14.8 Å². The van der Waals surface area contributed by atoms with Crippen molar-refractivity contribution >= 4 is 32.5 Å². The number of sulfone groups is 1. The zero-order valence-electron chi connectivity index (χ0n) is 20.1. The number of anilines is 1. The van der Waals surface area contributed by atoms with Crippen LogP contribution in [-0.4, -0.2) is 40.6 Å². The molecule has 35 heavy (non-hydrogen) atoms. The zero-order valence-corrected chi connectivity index (χ0v) is 20.9. The lowest BCUT2D eigenvalue weighted by atomic mass is 10.0. The molecule has 0 spiro atoms. The van der Waals surface area contributed by atoms with Crippen molar-refractivity contribution in [1.29, 1.82) is 0 Å². The molecule has 1 amide bonds. The summed E-state index contributed by atoms with van der Waals surface area (Å²) in [5.41, 5.74) is 6.16. The second kappa shape index (κ2) is 8.92. The molecule has 3 heterocycles. The number of hydrogen-bond acceptors (Lipinski definition) is 5. The topological polar surface area (TPSA) is 94.0 Å². The Morgan fingerprint density at radius 1 is 1.11 bits per heavy atom. The molecule has 0 radical (unpaired) electrons. The van der Waals surface area contributed by atoms with Crippen LogP contribution in [0.15, 0.2) is 54.6 Å². The van der Waals surface area contributed by atoms with Crippen LogP contribution in [-0.2, 0) is 16.3 Å². The number of aromatic nitrogens is 3. The predicted molar refractivity (Wildman–Crippen MR) is 139 cm³/mol. The van der Waals surface area contributed by atoms with E-state index in [1.807, 2.05) is 50.2 Å². The number of hydrogen-bond donors (Lipinski definition) is 1. The van der Waals surface area contributed by atoms with E-state index in [1.165, 1.54) is 5.56 Å². The fourth-order valence-corrected chi connectivity index (χ4v) is 6.39. The largest absolute Gasteiger partial charge is 0.322 e. The molecule has 4 aromatic rings. The zero-order chi connectivity index (χ0) is 24.7. The van der Waals surface area contributed by atoms with E-state index in [2.05, 4.69) is 29.5 Å². The number of carbonyl (C=O) groups is 1. The number of nitrogens with one attached hydrogen (secondary N) is 1. The summed E-state index contributed by atoms with van der Waals surface area (Å²) in [5, 5.41) is 8.33. The fraction of sp³-hybridized carbons (Fsp3) is 0.296. The Kier molecular flexibility index (Phi) is 5.92. The fourth-order valence-electron chi connectivity index (χ4n) is 4.70. The van der Waals surface area contributed by atoms with Crippen molar-refractivity contribution in [2.75, 3.05) is 16.8 Å². The third-order valence-electron chi connectivity index (χ3n) is 6.57. The molecule has 2 aromatic carbocycles. The van der Waals surface area contributed by atoms with Gasteiger partial charge in [-0.3, -0.25) is 4.79 Å². The molecule has 0 aliphatic carbocycles. The number of pyridine rings is 1. The number of benzene rings is 2. The van der Waals surface area contributed by atoms with E-state index in [0.29, 0.717) is 40.1 Å². The van der Waals surface area contributed by atoms with E-state index >= 15 is 0 Å². The summed E-state index contributed by atoms with van der Waals surface area (Å²) in [5.74, 6) is -0.0849. The Hall–Kier alpha value is -3.52. The van der Waals surface area contributed by atoms with Gasteiger partial charge in [-0.2, -0.15) is 5.10 Å².